The van der Waals surface area contributed by atoms with Gasteiger partial charge >= 0.3 is 18.2 Å². The number of nitrogens with zero attached hydrogens (tertiary/aromatic N) is 2. The molecule has 0 saturated heterocycles. The highest BCUT2D eigenvalue weighted by molar-refractivity contribution is 6.58. The molecule has 0 bridgehead atoms. The number of hydrogen-bond donors (Lipinski definition) is 2. The van der Waals surface area contributed by atoms with Crippen molar-refractivity contribution in [3.05, 3.63) is 62.9 Å². The van der Waals surface area contributed by atoms with Gasteiger partial charge in [0.25, 0.3) is 0 Å². The van der Waals surface area contributed by atoms with E-state index in [2.05, 4.69) is 0 Å². The third-order valence-electron chi connectivity index (χ3n) is 2.84. The molecule has 0 atom stereocenters. The van der Waals surface area contributed by atoms with Crippen LogP contribution in [0.2, 0.25) is 0 Å². The van der Waals surface area contributed by atoms with Crippen LogP contribution in [0.15, 0.2) is 46.2 Å². The predicted octanol–water partition coefficient (Wildman–Crippen LogP) is -1.72. The van der Waals surface area contributed by atoms with Gasteiger partial charge < -0.3 is 19.2 Å². The van der Waals surface area contributed by atoms with Crippen LogP contribution >= 0.6 is 0 Å². The van der Waals surface area contributed by atoms with E-state index in [1.54, 1.807) is 24.3 Å². The first-order valence-electron chi connectivity index (χ1n) is 5.70. The van der Waals surface area contributed by atoms with Crippen LogP contribution in [0.5, 0.6) is 0 Å². The number of aryl methyl sites for hydroxylation is 1. The van der Waals surface area contributed by atoms with Gasteiger partial charge in [0, 0.05) is 19.4 Å². The molecule has 2 rings (SSSR count). The lowest BCUT2D eigenvalue weighted by molar-refractivity contribution is 0.425. The molecule has 1 aromatic carbocycles. The van der Waals surface area contributed by atoms with Gasteiger partial charge in [0.15, 0.2) is 0 Å². The van der Waals surface area contributed by atoms with Crippen LogP contribution in [0.4, 0.5) is 0 Å². The number of benzene rings is 1. The second-order valence-corrected chi connectivity index (χ2v) is 4.27. The summed E-state index contributed by atoms with van der Waals surface area (Å²) in [6.07, 6.45) is 3.03. The summed E-state index contributed by atoms with van der Waals surface area (Å²) < 4.78 is 2.50. The van der Waals surface area contributed by atoms with Crippen molar-refractivity contribution in [3.8, 4) is 0 Å². The molecule has 0 fully saturated rings. The molecule has 0 spiro atoms. The number of hydrogen-bond acceptors (Lipinski definition) is 4. The summed E-state index contributed by atoms with van der Waals surface area (Å²) in [6.45, 7) is 0.204. The average molecular weight is 260 g/mol. The number of rotatable bonds is 3. The van der Waals surface area contributed by atoms with Gasteiger partial charge in [-0.25, -0.2) is 0 Å². The zero-order valence-electron chi connectivity index (χ0n) is 10.4. The summed E-state index contributed by atoms with van der Waals surface area (Å²) in [7, 11) is -0.0445. The molecule has 0 amide bonds. The summed E-state index contributed by atoms with van der Waals surface area (Å²) in [6, 6.07) is 6.56. The topological polar surface area (TPSA) is 84.5 Å². The zero-order chi connectivity index (χ0) is 14.0. The van der Waals surface area contributed by atoms with Crippen LogP contribution in [0, 0.1) is 0 Å². The minimum atomic E-state index is -1.56. The second-order valence-electron chi connectivity index (χ2n) is 4.27. The Hall–Kier alpha value is -2.12. The monoisotopic (exact) mass is 260 g/mol. The predicted molar refractivity (Wildman–Crippen MR) is 71.3 cm³/mol. The molecule has 98 valence electrons. The van der Waals surface area contributed by atoms with Crippen molar-refractivity contribution in [1.82, 2.24) is 9.13 Å². The first kappa shape index (κ1) is 13.3. The summed E-state index contributed by atoms with van der Waals surface area (Å²) in [5.41, 5.74) is -0.156. The highest BCUT2D eigenvalue weighted by Crippen LogP contribution is 1.99. The van der Waals surface area contributed by atoms with Crippen LogP contribution in [0.3, 0.4) is 0 Å². The van der Waals surface area contributed by atoms with Gasteiger partial charge in [0.05, 0.1) is 6.54 Å². The Morgan fingerprint density at radius 1 is 1.16 bits per heavy atom. The molecule has 0 unspecified atom stereocenters. The maximum Gasteiger partial charge on any atom is 0.488 e. The largest absolute Gasteiger partial charge is 0.488 e. The molecular weight excluding hydrogens is 247 g/mol. The maximum absolute atomic E-state index is 11.7. The quantitative estimate of drug-likeness (QED) is 0.507. The fraction of sp³-hybridized carbons (Fsp3) is 0.167. The molecular formula is C12H13BN2O4. The van der Waals surface area contributed by atoms with Crippen molar-refractivity contribution in [2.24, 2.45) is 7.05 Å². The van der Waals surface area contributed by atoms with E-state index < -0.39 is 18.2 Å². The Bertz CT molecular complexity index is 705. The number of aromatic nitrogens is 2. The normalized spacial score (nSPS) is 10.5. The smallest absolute Gasteiger partial charge is 0.423 e. The SMILES string of the molecule is Cn1ccn(Cc2cccc(B(O)O)c2)c(=O)c1=O. The summed E-state index contributed by atoms with van der Waals surface area (Å²) in [4.78, 5) is 23.2. The highest BCUT2D eigenvalue weighted by Gasteiger charge is 2.11. The first-order chi connectivity index (χ1) is 8.99. The Labute approximate surface area is 109 Å². The molecule has 0 aliphatic carbocycles. The molecule has 2 N–H and O–H groups in total. The Morgan fingerprint density at radius 2 is 1.89 bits per heavy atom. The lowest BCUT2D eigenvalue weighted by Crippen LogP contribution is -2.39. The van der Waals surface area contributed by atoms with E-state index in [1.807, 2.05) is 0 Å². The van der Waals surface area contributed by atoms with Gasteiger partial charge in [-0.05, 0) is 11.0 Å². The van der Waals surface area contributed by atoms with Crippen LogP contribution in [0.1, 0.15) is 5.56 Å². The van der Waals surface area contributed by atoms with Crippen molar-refractivity contribution in [2.75, 3.05) is 0 Å². The van der Waals surface area contributed by atoms with E-state index in [0.29, 0.717) is 11.0 Å². The van der Waals surface area contributed by atoms with E-state index in [4.69, 9.17) is 10.0 Å². The third kappa shape index (κ3) is 2.83. The van der Waals surface area contributed by atoms with Crippen molar-refractivity contribution in [3.63, 3.8) is 0 Å². The van der Waals surface area contributed by atoms with Crippen LogP contribution in [-0.4, -0.2) is 26.3 Å². The second kappa shape index (κ2) is 5.25. The fourth-order valence-electron chi connectivity index (χ4n) is 1.76. The molecule has 7 heteroatoms. The molecule has 0 aliphatic heterocycles. The summed E-state index contributed by atoms with van der Waals surface area (Å²) in [5, 5.41) is 18.2. The molecule has 2 aromatic rings. The molecule has 1 heterocycles. The standard InChI is InChI=1S/C12H13BN2O4/c1-14-5-6-15(12(17)11(14)16)8-9-3-2-4-10(7-9)13(18)19/h2-7,18-19H,8H2,1H3. The van der Waals surface area contributed by atoms with Gasteiger partial charge in [-0.1, -0.05) is 24.3 Å². The van der Waals surface area contributed by atoms with Gasteiger partial charge in [0.1, 0.15) is 0 Å². The van der Waals surface area contributed by atoms with E-state index in [0.717, 1.165) is 0 Å². The van der Waals surface area contributed by atoms with Gasteiger partial charge in [-0.15, -0.1) is 0 Å². The van der Waals surface area contributed by atoms with Crippen LogP contribution in [0.25, 0.3) is 0 Å². The van der Waals surface area contributed by atoms with E-state index in [-0.39, 0.29) is 6.54 Å². The van der Waals surface area contributed by atoms with Crippen molar-refractivity contribution >= 4 is 12.6 Å². The van der Waals surface area contributed by atoms with Crippen molar-refractivity contribution in [2.45, 2.75) is 6.54 Å². The highest BCUT2D eigenvalue weighted by atomic mass is 16.4. The third-order valence-corrected chi connectivity index (χ3v) is 2.84. The van der Waals surface area contributed by atoms with Crippen molar-refractivity contribution in [1.29, 1.82) is 0 Å². The first-order valence-corrected chi connectivity index (χ1v) is 5.70. The molecule has 19 heavy (non-hydrogen) atoms. The van der Waals surface area contributed by atoms with E-state index in [9.17, 15) is 9.59 Å². The summed E-state index contributed by atoms with van der Waals surface area (Å²) >= 11 is 0. The van der Waals surface area contributed by atoms with Crippen molar-refractivity contribution < 1.29 is 10.0 Å². The summed E-state index contributed by atoms with van der Waals surface area (Å²) in [5.74, 6) is 0. The van der Waals surface area contributed by atoms with Crippen LogP contribution < -0.4 is 16.6 Å². The van der Waals surface area contributed by atoms with E-state index in [1.165, 1.54) is 28.6 Å². The van der Waals surface area contributed by atoms with Gasteiger partial charge in [-0.3, -0.25) is 9.59 Å². The van der Waals surface area contributed by atoms with Gasteiger partial charge in [0.2, 0.25) is 0 Å². The molecule has 6 nitrogen and oxygen atoms in total. The zero-order valence-corrected chi connectivity index (χ0v) is 10.4. The maximum atomic E-state index is 11.7. The average Bonchev–Trinajstić information content (AvgIpc) is 2.40. The molecule has 1 aromatic heterocycles. The molecule has 0 aliphatic rings. The van der Waals surface area contributed by atoms with Gasteiger partial charge in [-0.2, -0.15) is 0 Å². The minimum absolute atomic E-state index is 0.204. The molecule has 0 saturated carbocycles. The molecule has 0 radical (unpaired) electrons. The Kier molecular flexibility index (Phi) is 3.68. The Balaban J connectivity index is 2.37. The van der Waals surface area contributed by atoms with E-state index >= 15 is 0 Å². The fourth-order valence-corrected chi connectivity index (χ4v) is 1.76. The minimum Gasteiger partial charge on any atom is -0.423 e. The Morgan fingerprint density at radius 3 is 2.58 bits per heavy atom. The lowest BCUT2D eigenvalue weighted by atomic mass is 9.79. The van der Waals surface area contributed by atoms with Crippen LogP contribution in [-0.2, 0) is 13.6 Å². The lowest BCUT2D eigenvalue weighted by Gasteiger charge is -2.08.